The average molecular weight is 201 g/mol. The summed E-state index contributed by atoms with van der Waals surface area (Å²) in [5.74, 6) is -0.946. The Morgan fingerprint density at radius 2 is 2.43 bits per heavy atom. The molecule has 1 aliphatic rings. The van der Waals surface area contributed by atoms with Crippen molar-refractivity contribution in [1.82, 2.24) is 5.32 Å². The number of hydrogen-bond acceptors (Lipinski definition) is 4. The molecule has 1 amide bonds. The number of esters is 1. The zero-order chi connectivity index (χ0) is 10.8. The first kappa shape index (κ1) is 11.0. The molecule has 5 heteroatoms. The van der Waals surface area contributed by atoms with Gasteiger partial charge < -0.3 is 15.2 Å². The average Bonchev–Trinajstić information content (AvgIpc) is 2.10. The molecule has 1 aliphatic heterocycles. The number of nitrogens with one attached hydrogen (secondary N) is 1. The van der Waals surface area contributed by atoms with E-state index in [9.17, 15) is 14.7 Å². The largest absolute Gasteiger partial charge is 0.464 e. The molecule has 0 aliphatic carbocycles. The molecule has 0 aromatic heterocycles. The molecule has 1 saturated heterocycles. The van der Waals surface area contributed by atoms with Crippen LogP contribution in [0.4, 0.5) is 0 Å². The van der Waals surface area contributed by atoms with Gasteiger partial charge in [0.25, 0.3) is 5.91 Å². The summed E-state index contributed by atoms with van der Waals surface area (Å²) in [5.41, 5.74) is -1.36. The summed E-state index contributed by atoms with van der Waals surface area (Å²) in [4.78, 5) is 22.5. The maximum Gasteiger partial charge on any atom is 0.328 e. The van der Waals surface area contributed by atoms with E-state index in [-0.39, 0.29) is 6.42 Å². The number of rotatable bonds is 2. The van der Waals surface area contributed by atoms with Crippen LogP contribution in [0.15, 0.2) is 0 Å². The van der Waals surface area contributed by atoms with E-state index >= 15 is 0 Å². The van der Waals surface area contributed by atoms with Crippen LogP contribution < -0.4 is 5.32 Å². The zero-order valence-corrected chi connectivity index (χ0v) is 8.37. The van der Waals surface area contributed by atoms with Crippen LogP contribution in [0.1, 0.15) is 26.7 Å². The Hall–Kier alpha value is -1.10. The van der Waals surface area contributed by atoms with Crippen molar-refractivity contribution in [1.29, 1.82) is 0 Å². The smallest absolute Gasteiger partial charge is 0.328 e. The summed E-state index contributed by atoms with van der Waals surface area (Å²) in [6.07, 6.45) is 0.694. The minimum absolute atomic E-state index is 0.280. The molecule has 2 unspecified atom stereocenters. The van der Waals surface area contributed by atoms with Crippen molar-refractivity contribution in [2.45, 2.75) is 38.3 Å². The molecular formula is C9H15NO4. The van der Waals surface area contributed by atoms with Crippen LogP contribution in [0, 0.1) is 0 Å². The van der Waals surface area contributed by atoms with Crippen molar-refractivity contribution in [3.63, 3.8) is 0 Å². The number of amides is 1. The van der Waals surface area contributed by atoms with Crippen LogP contribution >= 0.6 is 0 Å². The number of carbonyl (C=O) groups excluding carboxylic acids is 2. The summed E-state index contributed by atoms with van der Waals surface area (Å²) in [7, 11) is 0. The summed E-state index contributed by atoms with van der Waals surface area (Å²) in [5, 5.41) is 11.9. The molecule has 1 fully saturated rings. The van der Waals surface area contributed by atoms with Crippen molar-refractivity contribution in [3.8, 4) is 0 Å². The zero-order valence-electron chi connectivity index (χ0n) is 8.37. The quantitative estimate of drug-likeness (QED) is 0.595. The second-order valence-electron chi connectivity index (χ2n) is 3.59. The molecule has 1 heterocycles. The van der Waals surface area contributed by atoms with Crippen LogP contribution in [0.25, 0.3) is 0 Å². The Bertz CT molecular complexity index is 249. The van der Waals surface area contributed by atoms with Gasteiger partial charge in [0.15, 0.2) is 0 Å². The molecule has 0 bridgehead atoms. The Balaban J connectivity index is 2.55. The third kappa shape index (κ3) is 2.23. The van der Waals surface area contributed by atoms with Crippen molar-refractivity contribution >= 4 is 11.9 Å². The predicted molar refractivity (Wildman–Crippen MR) is 48.4 cm³/mol. The van der Waals surface area contributed by atoms with E-state index in [2.05, 4.69) is 5.32 Å². The van der Waals surface area contributed by atoms with E-state index in [1.807, 2.05) is 0 Å². The van der Waals surface area contributed by atoms with Gasteiger partial charge in [0.1, 0.15) is 11.6 Å². The van der Waals surface area contributed by atoms with Gasteiger partial charge in [0.05, 0.1) is 6.61 Å². The molecule has 0 radical (unpaired) electrons. The highest BCUT2D eigenvalue weighted by Gasteiger charge is 2.39. The number of carbonyl (C=O) groups is 2. The fourth-order valence-electron chi connectivity index (χ4n) is 1.34. The molecule has 2 N–H and O–H groups in total. The van der Waals surface area contributed by atoms with Gasteiger partial charge in [-0.25, -0.2) is 4.79 Å². The van der Waals surface area contributed by atoms with Crippen LogP contribution in [0.3, 0.4) is 0 Å². The molecule has 0 spiro atoms. The molecule has 1 rings (SSSR count). The van der Waals surface area contributed by atoms with Gasteiger partial charge in [0, 0.05) is 0 Å². The summed E-state index contributed by atoms with van der Waals surface area (Å²) in [6.45, 7) is 3.43. The van der Waals surface area contributed by atoms with Gasteiger partial charge >= 0.3 is 5.97 Å². The molecule has 0 aromatic rings. The maximum absolute atomic E-state index is 11.3. The Kier molecular flexibility index (Phi) is 3.10. The second kappa shape index (κ2) is 3.96. The minimum Gasteiger partial charge on any atom is -0.464 e. The fraction of sp³-hybridized carbons (Fsp3) is 0.778. The molecule has 2 atom stereocenters. The lowest BCUT2D eigenvalue weighted by Gasteiger charge is -2.31. The molecule has 0 saturated carbocycles. The Morgan fingerprint density at radius 3 is 2.93 bits per heavy atom. The van der Waals surface area contributed by atoms with Crippen LogP contribution in [0.2, 0.25) is 0 Å². The number of ether oxygens (including phenoxy) is 1. The highest BCUT2D eigenvalue weighted by molar-refractivity contribution is 5.90. The summed E-state index contributed by atoms with van der Waals surface area (Å²) >= 11 is 0. The number of hydrogen-bond donors (Lipinski definition) is 2. The van der Waals surface area contributed by atoms with Crippen LogP contribution in [-0.2, 0) is 14.3 Å². The molecule has 0 aromatic carbocycles. The van der Waals surface area contributed by atoms with Gasteiger partial charge in [-0.3, -0.25) is 4.79 Å². The normalized spacial score (nSPS) is 32.2. The van der Waals surface area contributed by atoms with Gasteiger partial charge in [-0.1, -0.05) is 0 Å². The highest BCUT2D eigenvalue weighted by Crippen LogP contribution is 2.19. The maximum atomic E-state index is 11.3. The lowest BCUT2D eigenvalue weighted by molar-refractivity contribution is -0.155. The fourth-order valence-corrected chi connectivity index (χ4v) is 1.34. The molecule has 5 nitrogen and oxygen atoms in total. The van der Waals surface area contributed by atoms with E-state index in [1.54, 1.807) is 6.92 Å². The third-order valence-corrected chi connectivity index (χ3v) is 2.29. The topological polar surface area (TPSA) is 75.6 Å². The number of aliphatic hydroxyl groups is 1. The highest BCUT2D eigenvalue weighted by atomic mass is 16.5. The monoisotopic (exact) mass is 201 g/mol. The van der Waals surface area contributed by atoms with Gasteiger partial charge in [-0.2, -0.15) is 0 Å². The van der Waals surface area contributed by atoms with E-state index in [0.717, 1.165) is 0 Å². The molecule has 80 valence electrons. The van der Waals surface area contributed by atoms with Crippen molar-refractivity contribution in [2.24, 2.45) is 0 Å². The SMILES string of the molecule is CCOC(=O)C1CCC(C)(O)C(=O)N1. The van der Waals surface area contributed by atoms with E-state index in [0.29, 0.717) is 13.0 Å². The van der Waals surface area contributed by atoms with Crippen molar-refractivity contribution < 1.29 is 19.4 Å². The van der Waals surface area contributed by atoms with E-state index < -0.39 is 23.5 Å². The summed E-state index contributed by atoms with van der Waals surface area (Å²) in [6, 6.07) is -0.609. The Labute approximate surface area is 82.4 Å². The first-order chi connectivity index (χ1) is 6.47. The molecule has 14 heavy (non-hydrogen) atoms. The summed E-state index contributed by atoms with van der Waals surface area (Å²) < 4.78 is 4.76. The van der Waals surface area contributed by atoms with Crippen LogP contribution in [-0.4, -0.2) is 35.2 Å². The van der Waals surface area contributed by atoms with Crippen molar-refractivity contribution in [2.75, 3.05) is 6.61 Å². The van der Waals surface area contributed by atoms with Gasteiger partial charge in [0.2, 0.25) is 0 Å². The van der Waals surface area contributed by atoms with Crippen molar-refractivity contribution in [3.05, 3.63) is 0 Å². The lowest BCUT2D eigenvalue weighted by atomic mass is 9.91. The molecular weight excluding hydrogens is 186 g/mol. The van der Waals surface area contributed by atoms with E-state index in [4.69, 9.17) is 4.74 Å². The van der Waals surface area contributed by atoms with Crippen LogP contribution in [0.5, 0.6) is 0 Å². The first-order valence-electron chi connectivity index (χ1n) is 4.67. The Morgan fingerprint density at radius 1 is 1.79 bits per heavy atom. The van der Waals surface area contributed by atoms with Gasteiger partial charge in [-0.05, 0) is 26.7 Å². The second-order valence-corrected chi connectivity index (χ2v) is 3.59. The minimum atomic E-state index is -1.36. The first-order valence-corrected chi connectivity index (χ1v) is 4.67. The number of piperidine rings is 1. The lowest BCUT2D eigenvalue weighted by Crippen LogP contribution is -2.56. The van der Waals surface area contributed by atoms with Gasteiger partial charge in [-0.15, -0.1) is 0 Å². The third-order valence-electron chi connectivity index (χ3n) is 2.29. The standard InChI is InChI=1S/C9H15NO4/c1-3-14-7(11)6-4-5-9(2,13)8(12)10-6/h6,13H,3-5H2,1-2H3,(H,10,12). The van der Waals surface area contributed by atoms with E-state index in [1.165, 1.54) is 6.92 Å². The predicted octanol–water partition coefficient (Wildman–Crippen LogP) is -0.421.